The molecular weight excluding hydrogens is 230 g/mol. The summed E-state index contributed by atoms with van der Waals surface area (Å²) in [5.41, 5.74) is 1.47. The first-order chi connectivity index (χ1) is 8.91. The van der Waals surface area contributed by atoms with Crippen LogP contribution in [0.15, 0.2) is 30.3 Å². The molecule has 0 aliphatic rings. The Kier molecular flexibility index (Phi) is 6.57. The predicted octanol–water partition coefficient (Wildman–Crippen LogP) is 4.84. The van der Waals surface area contributed by atoms with Gasteiger partial charge in [-0.3, -0.25) is 0 Å². The van der Waals surface area contributed by atoms with Crippen molar-refractivity contribution in [2.45, 2.75) is 66.0 Å². The summed E-state index contributed by atoms with van der Waals surface area (Å²) >= 11 is 0. The SMILES string of the molecule is CC(C)CC(NC(C)C)C(c1ccccc1)C(C)C. The molecule has 2 atom stereocenters. The molecule has 0 amide bonds. The lowest BCUT2D eigenvalue weighted by Gasteiger charge is -2.34. The molecule has 19 heavy (non-hydrogen) atoms. The van der Waals surface area contributed by atoms with E-state index in [-0.39, 0.29) is 0 Å². The molecular formula is C18H31N. The number of nitrogens with one attached hydrogen (secondary N) is 1. The normalized spacial score (nSPS) is 15.2. The first-order valence-corrected chi connectivity index (χ1v) is 7.72. The first-order valence-electron chi connectivity index (χ1n) is 7.72. The second kappa shape index (κ2) is 7.69. The average molecular weight is 261 g/mol. The van der Waals surface area contributed by atoms with Crippen molar-refractivity contribution in [2.24, 2.45) is 11.8 Å². The van der Waals surface area contributed by atoms with Gasteiger partial charge in [-0.1, -0.05) is 71.9 Å². The molecule has 1 rings (SSSR count). The van der Waals surface area contributed by atoms with Gasteiger partial charge in [0, 0.05) is 18.0 Å². The van der Waals surface area contributed by atoms with Crippen LogP contribution in [0, 0.1) is 11.8 Å². The van der Waals surface area contributed by atoms with Crippen LogP contribution >= 0.6 is 0 Å². The first kappa shape index (κ1) is 16.2. The fraction of sp³-hybridized carbons (Fsp3) is 0.667. The highest BCUT2D eigenvalue weighted by Crippen LogP contribution is 2.31. The molecule has 0 bridgehead atoms. The van der Waals surface area contributed by atoms with E-state index in [2.05, 4.69) is 77.2 Å². The molecule has 2 unspecified atom stereocenters. The Morgan fingerprint density at radius 3 is 1.89 bits per heavy atom. The fourth-order valence-electron chi connectivity index (χ4n) is 3.01. The smallest absolute Gasteiger partial charge is 0.0143 e. The molecule has 0 spiro atoms. The van der Waals surface area contributed by atoms with Crippen LogP contribution in [0.25, 0.3) is 0 Å². The predicted molar refractivity (Wildman–Crippen MR) is 85.5 cm³/mol. The van der Waals surface area contributed by atoms with Crippen LogP contribution in [-0.2, 0) is 0 Å². The Labute approximate surface area is 119 Å². The van der Waals surface area contributed by atoms with E-state index in [9.17, 15) is 0 Å². The molecule has 0 saturated heterocycles. The quantitative estimate of drug-likeness (QED) is 0.740. The van der Waals surface area contributed by atoms with Crippen LogP contribution in [0.5, 0.6) is 0 Å². The highest BCUT2D eigenvalue weighted by Gasteiger charge is 2.26. The zero-order valence-electron chi connectivity index (χ0n) is 13.5. The van der Waals surface area contributed by atoms with E-state index in [0.717, 1.165) is 5.92 Å². The summed E-state index contributed by atoms with van der Waals surface area (Å²) in [5.74, 6) is 1.96. The molecule has 0 saturated carbocycles. The molecule has 108 valence electrons. The van der Waals surface area contributed by atoms with Crippen LogP contribution < -0.4 is 5.32 Å². The maximum absolute atomic E-state index is 3.79. The molecule has 0 heterocycles. The summed E-state index contributed by atoms with van der Waals surface area (Å²) in [6.45, 7) is 13.8. The monoisotopic (exact) mass is 261 g/mol. The van der Waals surface area contributed by atoms with E-state index in [1.165, 1.54) is 12.0 Å². The largest absolute Gasteiger partial charge is 0.311 e. The summed E-state index contributed by atoms with van der Waals surface area (Å²) < 4.78 is 0. The summed E-state index contributed by atoms with van der Waals surface area (Å²) in [6.07, 6.45) is 1.23. The van der Waals surface area contributed by atoms with Crippen molar-refractivity contribution >= 4 is 0 Å². The van der Waals surface area contributed by atoms with E-state index in [4.69, 9.17) is 0 Å². The standard InChI is InChI=1S/C18H31N/c1-13(2)12-17(19-15(5)6)18(14(3)4)16-10-8-7-9-11-16/h7-11,13-15,17-19H,12H2,1-6H3. The number of benzene rings is 1. The Balaban J connectivity index is 2.98. The van der Waals surface area contributed by atoms with Crippen molar-refractivity contribution < 1.29 is 0 Å². The van der Waals surface area contributed by atoms with Gasteiger partial charge in [-0.2, -0.15) is 0 Å². The summed E-state index contributed by atoms with van der Waals surface area (Å²) in [5, 5.41) is 3.79. The average Bonchev–Trinajstić information content (AvgIpc) is 2.28. The lowest BCUT2D eigenvalue weighted by molar-refractivity contribution is 0.297. The van der Waals surface area contributed by atoms with Crippen molar-refractivity contribution in [3.8, 4) is 0 Å². The van der Waals surface area contributed by atoms with Gasteiger partial charge < -0.3 is 5.32 Å². The molecule has 1 nitrogen and oxygen atoms in total. The van der Waals surface area contributed by atoms with E-state index in [1.807, 2.05) is 0 Å². The number of rotatable bonds is 7. The van der Waals surface area contributed by atoms with Gasteiger partial charge in [0.25, 0.3) is 0 Å². The van der Waals surface area contributed by atoms with Crippen LogP contribution in [0.1, 0.15) is 59.4 Å². The highest BCUT2D eigenvalue weighted by molar-refractivity contribution is 5.22. The minimum Gasteiger partial charge on any atom is -0.311 e. The van der Waals surface area contributed by atoms with E-state index in [1.54, 1.807) is 0 Å². The highest BCUT2D eigenvalue weighted by atomic mass is 14.9. The van der Waals surface area contributed by atoms with Crippen LogP contribution in [0.4, 0.5) is 0 Å². The van der Waals surface area contributed by atoms with Crippen molar-refractivity contribution in [1.82, 2.24) is 5.32 Å². The second-order valence-corrected chi connectivity index (χ2v) is 6.74. The third-order valence-corrected chi connectivity index (χ3v) is 3.61. The Morgan fingerprint density at radius 2 is 1.47 bits per heavy atom. The van der Waals surface area contributed by atoms with Gasteiger partial charge in [0.15, 0.2) is 0 Å². The maximum Gasteiger partial charge on any atom is 0.0143 e. The van der Waals surface area contributed by atoms with E-state index in [0.29, 0.717) is 23.9 Å². The number of hydrogen-bond acceptors (Lipinski definition) is 1. The van der Waals surface area contributed by atoms with Crippen molar-refractivity contribution in [3.63, 3.8) is 0 Å². The van der Waals surface area contributed by atoms with Crippen molar-refractivity contribution in [3.05, 3.63) is 35.9 Å². The summed E-state index contributed by atoms with van der Waals surface area (Å²) in [4.78, 5) is 0. The van der Waals surface area contributed by atoms with Crippen molar-refractivity contribution in [1.29, 1.82) is 0 Å². The molecule has 1 heteroatoms. The second-order valence-electron chi connectivity index (χ2n) is 6.74. The molecule has 0 radical (unpaired) electrons. The van der Waals surface area contributed by atoms with Gasteiger partial charge in [-0.05, 0) is 23.8 Å². The van der Waals surface area contributed by atoms with Gasteiger partial charge in [0.2, 0.25) is 0 Å². The minimum atomic E-state index is 0.536. The molecule has 0 aliphatic carbocycles. The van der Waals surface area contributed by atoms with Crippen LogP contribution in [0.3, 0.4) is 0 Å². The molecule has 1 N–H and O–H groups in total. The van der Waals surface area contributed by atoms with E-state index < -0.39 is 0 Å². The Hall–Kier alpha value is -0.820. The van der Waals surface area contributed by atoms with Crippen LogP contribution in [-0.4, -0.2) is 12.1 Å². The zero-order chi connectivity index (χ0) is 14.4. The van der Waals surface area contributed by atoms with Crippen LogP contribution in [0.2, 0.25) is 0 Å². The zero-order valence-corrected chi connectivity index (χ0v) is 13.5. The lowest BCUT2D eigenvalue weighted by atomic mass is 9.79. The topological polar surface area (TPSA) is 12.0 Å². The summed E-state index contributed by atoms with van der Waals surface area (Å²) in [7, 11) is 0. The fourth-order valence-corrected chi connectivity index (χ4v) is 3.01. The van der Waals surface area contributed by atoms with Gasteiger partial charge in [0.1, 0.15) is 0 Å². The molecule has 1 aromatic carbocycles. The third kappa shape index (κ3) is 5.36. The molecule has 0 aliphatic heterocycles. The maximum atomic E-state index is 3.79. The van der Waals surface area contributed by atoms with Crippen molar-refractivity contribution in [2.75, 3.05) is 0 Å². The molecule has 0 fully saturated rings. The molecule has 0 aromatic heterocycles. The Bertz CT molecular complexity index is 330. The Morgan fingerprint density at radius 1 is 0.895 bits per heavy atom. The number of hydrogen-bond donors (Lipinski definition) is 1. The van der Waals surface area contributed by atoms with Gasteiger partial charge in [-0.15, -0.1) is 0 Å². The van der Waals surface area contributed by atoms with Gasteiger partial charge in [0.05, 0.1) is 0 Å². The van der Waals surface area contributed by atoms with E-state index >= 15 is 0 Å². The third-order valence-electron chi connectivity index (χ3n) is 3.61. The van der Waals surface area contributed by atoms with Gasteiger partial charge >= 0.3 is 0 Å². The van der Waals surface area contributed by atoms with Gasteiger partial charge in [-0.25, -0.2) is 0 Å². The minimum absolute atomic E-state index is 0.536. The summed E-state index contributed by atoms with van der Waals surface area (Å²) in [6, 6.07) is 12.1. The molecule has 1 aromatic rings. The lowest BCUT2D eigenvalue weighted by Crippen LogP contribution is -2.42.